The minimum Gasteiger partial charge on any atom is -0.492 e. The topological polar surface area (TPSA) is 75.7 Å². The highest BCUT2D eigenvalue weighted by molar-refractivity contribution is 7.89. The fraction of sp³-hybridized carbons (Fsp3) is 0.435. The number of benzene rings is 2. The highest BCUT2D eigenvalue weighted by Gasteiger charge is 2.34. The number of carbonyl (C=O) groups is 1. The first-order valence-corrected chi connectivity index (χ1v) is 12.1. The van der Waals surface area contributed by atoms with Gasteiger partial charge in [-0.05, 0) is 63.4 Å². The molecule has 1 N–H and O–H groups in total. The van der Waals surface area contributed by atoms with Crippen molar-refractivity contribution in [2.75, 3.05) is 25.0 Å². The number of ether oxygens (including phenoxy) is 1. The number of rotatable bonds is 6. The predicted octanol–water partition coefficient (Wildman–Crippen LogP) is 4.76. The molecule has 2 aromatic rings. The number of hydrogen-bond donors (Lipinski definition) is 1. The average Bonchev–Trinajstić information content (AvgIpc) is 2.74. The van der Waals surface area contributed by atoms with Crippen molar-refractivity contribution in [3.8, 4) is 5.75 Å². The molecule has 1 aliphatic rings. The molecule has 0 saturated carbocycles. The van der Waals surface area contributed by atoms with Gasteiger partial charge >= 0.3 is 6.18 Å². The van der Waals surface area contributed by atoms with Gasteiger partial charge in [-0.1, -0.05) is 17.7 Å². The number of aryl methyl sites for hydroxylation is 2. The van der Waals surface area contributed by atoms with Crippen molar-refractivity contribution in [3.05, 3.63) is 53.1 Å². The standard InChI is InChI=1S/C23H27F3N2O4S/c1-4-32-20-7-6-18(23(24,25)26)14-19(20)27-22(29)17-9-11-28(12-10-17)33(30,31)21-8-5-15(2)13-16(21)3/h5-8,13-14,17H,4,9-12H2,1-3H3,(H,27,29). The van der Waals surface area contributed by atoms with E-state index in [1.807, 2.05) is 6.92 Å². The van der Waals surface area contributed by atoms with Crippen LogP contribution < -0.4 is 10.1 Å². The van der Waals surface area contributed by atoms with Crippen LogP contribution >= 0.6 is 0 Å². The summed E-state index contributed by atoms with van der Waals surface area (Å²) in [7, 11) is -3.70. The van der Waals surface area contributed by atoms with E-state index >= 15 is 0 Å². The summed E-state index contributed by atoms with van der Waals surface area (Å²) in [5, 5.41) is 2.55. The van der Waals surface area contributed by atoms with Gasteiger partial charge < -0.3 is 10.1 Å². The molecular formula is C23H27F3N2O4S. The molecule has 33 heavy (non-hydrogen) atoms. The van der Waals surface area contributed by atoms with E-state index in [1.54, 1.807) is 32.0 Å². The Morgan fingerprint density at radius 3 is 2.36 bits per heavy atom. The first kappa shape index (κ1) is 25.0. The monoisotopic (exact) mass is 484 g/mol. The molecule has 0 radical (unpaired) electrons. The minimum absolute atomic E-state index is 0.0537. The average molecular weight is 485 g/mol. The van der Waals surface area contributed by atoms with Crippen molar-refractivity contribution < 1.29 is 31.1 Å². The molecule has 0 spiro atoms. The molecule has 0 atom stereocenters. The van der Waals surface area contributed by atoms with Crippen LogP contribution in [0.4, 0.5) is 18.9 Å². The lowest BCUT2D eigenvalue weighted by atomic mass is 9.97. The summed E-state index contributed by atoms with van der Waals surface area (Å²) >= 11 is 0. The molecule has 0 unspecified atom stereocenters. The smallest absolute Gasteiger partial charge is 0.416 e. The number of alkyl halides is 3. The quantitative estimate of drug-likeness (QED) is 0.642. The third kappa shape index (κ3) is 5.67. The molecule has 0 aromatic heterocycles. The molecule has 0 bridgehead atoms. The van der Waals surface area contributed by atoms with E-state index in [0.717, 1.165) is 17.7 Å². The van der Waals surface area contributed by atoms with Crippen LogP contribution in [0.2, 0.25) is 0 Å². The van der Waals surface area contributed by atoms with Gasteiger partial charge in [0.1, 0.15) is 5.75 Å². The van der Waals surface area contributed by atoms with Gasteiger partial charge in [0, 0.05) is 19.0 Å². The predicted molar refractivity (Wildman–Crippen MR) is 119 cm³/mol. The van der Waals surface area contributed by atoms with Crippen molar-refractivity contribution in [2.45, 2.75) is 44.7 Å². The van der Waals surface area contributed by atoms with E-state index in [9.17, 15) is 26.4 Å². The van der Waals surface area contributed by atoms with Crippen molar-refractivity contribution in [3.63, 3.8) is 0 Å². The maximum atomic E-state index is 13.1. The second kappa shape index (κ2) is 9.72. The maximum Gasteiger partial charge on any atom is 0.416 e. The molecule has 1 saturated heterocycles. The van der Waals surface area contributed by atoms with Gasteiger partial charge in [-0.3, -0.25) is 4.79 Å². The zero-order valence-corrected chi connectivity index (χ0v) is 19.5. The van der Waals surface area contributed by atoms with Crippen LogP contribution in [0.3, 0.4) is 0 Å². The number of piperidine rings is 1. The number of nitrogens with zero attached hydrogens (tertiary/aromatic N) is 1. The molecule has 6 nitrogen and oxygen atoms in total. The lowest BCUT2D eigenvalue weighted by Crippen LogP contribution is -2.41. The maximum absolute atomic E-state index is 13.1. The molecule has 1 heterocycles. The molecule has 3 rings (SSSR count). The Balaban J connectivity index is 1.71. The van der Waals surface area contributed by atoms with Gasteiger partial charge in [-0.25, -0.2) is 8.42 Å². The molecule has 1 fully saturated rings. The van der Waals surface area contributed by atoms with Crippen molar-refractivity contribution in [1.82, 2.24) is 4.31 Å². The van der Waals surface area contributed by atoms with E-state index in [0.29, 0.717) is 5.56 Å². The Bertz CT molecular complexity index is 1130. The Labute approximate surface area is 191 Å². The Morgan fingerprint density at radius 2 is 1.79 bits per heavy atom. The summed E-state index contributed by atoms with van der Waals surface area (Å²) < 4.78 is 72.1. The van der Waals surface area contributed by atoms with E-state index < -0.39 is 33.6 Å². The fourth-order valence-electron chi connectivity index (χ4n) is 3.91. The largest absolute Gasteiger partial charge is 0.492 e. The van der Waals surface area contributed by atoms with Crippen molar-refractivity contribution in [2.24, 2.45) is 5.92 Å². The number of halogens is 3. The Kier molecular flexibility index (Phi) is 7.38. The molecule has 1 amide bonds. The molecular weight excluding hydrogens is 457 g/mol. The molecule has 2 aromatic carbocycles. The molecule has 0 aliphatic carbocycles. The summed E-state index contributed by atoms with van der Waals surface area (Å²) in [6.45, 7) is 5.83. The van der Waals surface area contributed by atoms with Crippen LogP contribution in [0.25, 0.3) is 0 Å². The second-order valence-electron chi connectivity index (χ2n) is 8.08. The van der Waals surface area contributed by atoms with Crippen LogP contribution in [-0.4, -0.2) is 38.3 Å². The van der Waals surface area contributed by atoms with Gasteiger partial charge in [0.25, 0.3) is 0 Å². The van der Waals surface area contributed by atoms with E-state index in [2.05, 4.69) is 5.32 Å². The first-order valence-electron chi connectivity index (χ1n) is 10.7. The summed E-state index contributed by atoms with van der Waals surface area (Å²) in [6, 6.07) is 8.06. The van der Waals surface area contributed by atoms with Gasteiger partial charge in [0.2, 0.25) is 15.9 Å². The Morgan fingerprint density at radius 1 is 1.12 bits per heavy atom. The number of hydrogen-bond acceptors (Lipinski definition) is 4. The fourth-order valence-corrected chi connectivity index (χ4v) is 5.58. The van der Waals surface area contributed by atoms with Gasteiger partial charge in [-0.15, -0.1) is 0 Å². The van der Waals surface area contributed by atoms with Crippen molar-refractivity contribution in [1.29, 1.82) is 0 Å². The summed E-state index contributed by atoms with van der Waals surface area (Å²) in [5.74, 6) is -0.841. The van der Waals surface area contributed by atoms with Gasteiger partial charge in [-0.2, -0.15) is 17.5 Å². The lowest BCUT2D eigenvalue weighted by Gasteiger charge is -2.31. The van der Waals surface area contributed by atoms with E-state index in [1.165, 1.54) is 10.4 Å². The summed E-state index contributed by atoms with van der Waals surface area (Å²) in [6.07, 6.45) is -4.03. The SMILES string of the molecule is CCOc1ccc(C(F)(F)F)cc1NC(=O)C1CCN(S(=O)(=O)c2ccc(C)cc2C)CC1. The van der Waals surface area contributed by atoms with E-state index in [-0.39, 0.29) is 48.9 Å². The highest BCUT2D eigenvalue weighted by Crippen LogP contribution is 2.36. The Hall–Kier alpha value is -2.59. The first-order chi connectivity index (χ1) is 15.4. The van der Waals surface area contributed by atoms with E-state index in [4.69, 9.17) is 4.74 Å². The number of sulfonamides is 1. The van der Waals surface area contributed by atoms with Gasteiger partial charge in [0.05, 0.1) is 22.8 Å². The highest BCUT2D eigenvalue weighted by atomic mass is 32.2. The van der Waals surface area contributed by atoms with Crippen LogP contribution in [0.15, 0.2) is 41.3 Å². The number of carbonyl (C=O) groups excluding carboxylic acids is 1. The van der Waals surface area contributed by atoms with Gasteiger partial charge in [0.15, 0.2) is 0 Å². The second-order valence-corrected chi connectivity index (χ2v) is 9.98. The zero-order valence-electron chi connectivity index (χ0n) is 18.7. The molecule has 10 heteroatoms. The van der Waals surface area contributed by atoms with Crippen molar-refractivity contribution >= 4 is 21.6 Å². The molecule has 1 aliphatic heterocycles. The third-order valence-electron chi connectivity index (χ3n) is 5.64. The summed E-state index contributed by atoms with van der Waals surface area (Å²) in [5.41, 5.74) is 0.670. The third-order valence-corrected chi connectivity index (χ3v) is 7.70. The van der Waals surface area contributed by atoms with Crippen LogP contribution in [0.1, 0.15) is 36.5 Å². The summed E-state index contributed by atoms with van der Waals surface area (Å²) in [4.78, 5) is 13.0. The number of anilines is 1. The minimum atomic E-state index is -4.56. The number of nitrogens with one attached hydrogen (secondary N) is 1. The zero-order chi connectivity index (χ0) is 24.4. The van der Waals surface area contributed by atoms with Crippen LogP contribution in [0.5, 0.6) is 5.75 Å². The van der Waals surface area contributed by atoms with Crippen LogP contribution in [0, 0.1) is 19.8 Å². The number of amides is 1. The normalized spacial score (nSPS) is 15.9. The van der Waals surface area contributed by atoms with Crippen LogP contribution in [-0.2, 0) is 21.0 Å². The lowest BCUT2D eigenvalue weighted by molar-refractivity contribution is -0.137. The molecule has 180 valence electrons.